The summed E-state index contributed by atoms with van der Waals surface area (Å²) < 4.78 is 0. The second-order valence-corrected chi connectivity index (χ2v) is 9.78. The van der Waals surface area contributed by atoms with E-state index in [-0.39, 0.29) is 11.1 Å². The van der Waals surface area contributed by atoms with E-state index in [4.69, 9.17) is 11.6 Å². The molecule has 1 aliphatic rings. The molecule has 0 fully saturated rings. The van der Waals surface area contributed by atoms with Gasteiger partial charge in [0.05, 0.1) is 0 Å². The number of carbonyl (C=O) groups excluding carboxylic acids is 1. The number of benzene rings is 2. The maximum atomic E-state index is 12.8. The van der Waals surface area contributed by atoms with E-state index in [1.165, 1.54) is 11.3 Å². The van der Waals surface area contributed by atoms with E-state index in [2.05, 4.69) is 56.1 Å². The molecule has 0 saturated heterocycles. The minimum Gasteiger partial charge on any atom is -0.366 e. The fourth-order valence-electron chi connectivity index (χ4n) is 4.69. The van der Waals surface area contributed by atoms with Crippen LogP contribution in [0.4, 0.5) is 11.4 Å². The highest BCUT2D eigenvalue weighted by Crippen LogP contribution is 2.44. The number of hydrogen-bond acceptors (Lipinski definition) is 3. The van der Waals surface area contributed by atoms with Crippen molar-refractivity contribution < 1.29 is 4.79 Å². The highest BCUT2D eigenvalue weighted by atomic mass is 35.5. The average molecular weight is 450 g/mol. The van der Waals surface area contributed by atoms with Gasteiger partial charge in [0.2, 0.25) is 0 Å². The Morgan fingerprint density at radius 1 is 1.34 bits per heavy atom. The van der Waals surface area contributed by atoms with Gasteiger partial charge in [-0.3, -0.25) is 4.79 Å². The topological polar surface area (TPSA) is 56.1 Å². The largest absolute Gasteiger partial charge is 0.366 e. The van der Waals surface area contributed by atoms with Crippen LogP contribution in [0.5, 0.6) is 0 Å². The predicted molar refractivity (Wildman–Crippen MR) is 134 cm³/mol. The summed E-state index contributed by atoms with van der Waals surface area (Å²) in [5, 5.41) is 13.1. The van der Waals surface area contributed by atoms with Crippen LogP contribution in [0.1, 0.15) is 68.7 Å². The number of anilines is 2. The zero-order valence-corrected chi connectivity index (χ0v) is 20.6. The summed E-state index contributed by atoms with van der Waals surface area (Å²) in [4.78, 5) is 15.3. The Labute approximate surface area is 196 Å². The molecule has 1 amide bonds. The lowest BCUT2D eigenvalue weighted by Crippen LogP contribution is -2.48. The number of nitriles is 1. The summed E-state index contributed by atoms with van der Waals surface area (Å²) in [5.41, 5.74) is 6.05. The number of halogens is 1. The molecule has 3 rings (SSSR count). The molecule has 0 saturated carbocycles. The Morgan fingerprint density at radius 2 is 2.06 bits per heavy atom. The van der Waals surface area contributed by atoms with E-state index in [0.717, 1.165) is 36.1 Å². The highest BCUT2D eigenvalue weighted by Gasteiger charge is 2.36. The Morgan fingerprint density at radius 3 is 2.72 bits per heavy atom. The third-order valence-corrected chi connectivity index (χ3v) is 6.81. The van der Waals surface area contributed by atoms with Gasteiger partial charge in [-0.25, -0.2) is 0 Å². The molecule has 4 nitrogen and oxygen atoms in total. The van der Waals surface area contributed by atoms with Gasteiger partial charge in [-0.1, -0.05) is 31.5 Å². The molecule has 1 heterocycles. The van der Waals surface area contributed by atoms with Gasteiger partial charge in [0.25, 0.3) is 5.91 Å². The van der Waals surface area contributed by atoms with E-state index in [1.54, 1.807) is 24.3 Å². The molecule has 1 atom stereocenters. The fraction of sp³-hybridized carbons (Fsp3) is 0.407. The Kier molecular flexibility index (Phi) is 7.00. The fourth-order valence-corrected chi connectivity index (χ4v) is 4.86. The van der Waals surface area contributed by atoms with Crippen LogP contribution in [-0.4, -0.2) is 18.0 Å². The highest BCUT2D eigenvalue weighted by molar-refractivity contribution is 6.31. The molecule has 1 N–H and O–H groups in total. The normalized spacial score (nSPS) is 17.5. The van der Waals surface area contributed by atoms with E-state index in [0.29, 0.717) is 16.6 Å². The number of fused-ring (bicyclic) bond motifs is 1. The SMILES string of the molecule is CCCN1c2cc(C)c(/C=C(\C#N)C(=O)Nc3cccc(Cl)c3C)cc2C(C)CC1(C)C. The lowest BCUT2D eigenvalue weighted by molar-refractivity contribution is -0.112. The van der Waals surface area contributed by atoms with Gasteiger partial charge in [0, 0.05) is 28.5 Å². The molecule has 5 heteroatoms. The number of hydrogen-bond donors (Lipinski definition) is 1. The van der Waals surface area contributed by atoms with E-state index in [9.17, 15) is 10.1 Å². The molecular formula is C27H32ClN3O. The number of nitrogens with zero attached hydrogens (tertiary/aromatic N) is 2. The number of carbonyl (C=O) groups is 1. The first-order valence-corrected chi connectivity index (χ1v) is 11.6. The molecule has 0 spiro atoms. The molecule has 2 aromatic rings. The van der Waals surface area contributed by atoms with Crippen molar-refractivity contribution in [2.75, 3.05) is 16.8 Å². The third-order valence-electron chi connectivity index (χ3n) is 6.40. The number of rotatable bonds is 5. The van der Waals surface area contributed by atoms with Gasteiger partial charge >= 0.3 is 0 Å². The van der Waals surface area contributed by atoms with E-state index in [1.807, 2.05) is 13.8 Å². The number of nitrogens with one attached hydrogen (secondary N) is 1. The van der Waals surface area contributed by atoms with Crippen molar-refractivity contribution in [3.8, 4) is 6.07 Å². The van der Waals surface area contributed by atoms with Gasteiger partial charge in [0.15, 0.2) is 0 Å². The van der Waals surface area contributed by atoms with Crippen LogP contribution in [0.2, 0.25) is 5.02 Å². The molecule has 1 aliphatic heterocycles. The molecule has 2 aromatic carbocycles. The standard InChI is InChI=1S/C27H32ClN3O/c1-7-11-31-25-12-17(2)20(14-22(25)18(3)15-27(31,5)6)13-21(16-29)26(32)30-24-10-8-9-23(28)19(24)4/h8-10,12-14,18H,7,11,15H2,1-6H3,(H,30,32)/b21-13+. The van der Waals surface area contributed by atoms with Crippen molar-refractivity contribution in [2.24, 2.45) is 0 Å². The Balaban J connectivity index is 1.99. The zero-order valence-electron chi connectivity index (χ0n) is 19.8. The summed E-state index contributed by atoms with van der Waals surface area (Å²) in [7, 11) is 0. The molecular weight excluding hydrogens is 418 g/mol. The minimum atomic E-state index is -0.434. The second kappa shape index (κ2) is 9.38. The summed E-state index contributed by atoms with van der Waals surface area (Å²) in [6.45, 7) is 14.0. The van der Waals surface area contributed by atoms with Crippen molar-refractivity contribution in [3.05, 3.63) is 63.2 Å². The van der Waals surface area contributed by atoms with Crippen LogP contribution < -0.4 is 10.2 Å². The van der Waals surface area contributed by atoms with Crippen LogP contribution in [0.25, 0.3) is 6.08 Å². The Hall–Kier alpha value is -2.77. The maximum absolute atomic E-state index is 12.8. The van der Waals surface area contributed by atoms with Crippen molar-refractivity contribution in [1.82, 2.24) is 0 Å². The molecule has 0 bridgehead atoms. The van der Waals surface area contributed by atoms with Gasteiger partial charge in [-0.05, 0) is 99.0 Å². The molecule has 0 aliphatic carbocycles. The van der Waals surface area contributed by atoms with E-state index < -0.39 is 5.91 Å². The predicted octanol–water partition coefficient (Wildman–Crippen LogP) is 7.00. The van der Waals surface area contributed by atoms with Crippen LogP contribution in [-0.2, 0) is 4.79 Å². The van der Waals surface area contributed by atoms with Crippen LogP contribution in [0.15, 0.2) is 35.9 Å². The van der Waals surface area contributed by atoms with Crippen molar-refractivity contribution >= 4 is 35.0 Å². The summed E-state index contributed by atoms with van der Waals surface area (Å²) >= 11 is 6.16. The maximum Gasteiger partial charge on any atom is 0.266 e. The van der Waals surface area contributed by atoms with Crippen molar-refractivity contribution in [2.45, 2.75) is 65.8 Å². The summed E-state index contributed by atoms with van der Waals surface area (Å²) in [6, 6.07) is 11.8. The van der Waals surface area contributed by atoms with Crippen LogP contribution >= 0.6 is 11.6 Å². The zero-order chi connectivity index (χ0) is 23.6. The first kappa shape index (κ1) is 23.9. The van der Waals surface area contributed by atoms with E-state index >= 15 is 0 Å². The molecule has 32 heavy (non-hydrogen) atoms. The average Bonchev–Trinajstić information content (AvgIpc) is 2.72. The van der Waals surface area contributed by atoms with Crippen molar-refractivity contribution in [1.29, 1.82) is 5.26 Å². The summed E-state index contributed by atoms with van der Waals surface area (Å²) in [5.74, 6) is -0.0360. The van der Waals surface area contributed by atoms with Crippen LogP contribution in [0.3, 0.4) is 0 Å². The smallest absolute Gasteiger partial charge is 0.266 e. The number of aryl methyl sites for hydroxylation is 1. The first-order valence-electron chi connectivity index (χ1n) is 11.2. The van der Waals surface area contributed by atoms with Gasteiger partial charge in [-0.2, -0.15) is 5.26 Å². The second-order valence-electron chi connectivity index (χ2n) is 9.37. The molecule has 0 radical (unpaired) electrons. The van der Waals surface area contributed by atoms with Gasteiger partial charge in [-0.15, -0.1) is 0 Å². The minimum absolute atomic E-state index is 0.0710. The lowest BCUT2D eigenvalue weighted by Gasteiger charge is -2.48. The quantitative estimate of drug-likeness (QED) is 0.394. The third kappa shape index (κ3) is 4.69. The van der Waals surface area contributed by atoms with Gasteiger partial charge in [0.1, 0.15) is 11.6 Å². The molecule has 168 valence electrons. The molecule has 1 unspecified atom stereocenters. The van der Waals surface area contributed by atoms with Gasteiger partial charge < -0.3 is 10.2 Å². The lowest BCUT2D eigenvalue weighted by atomic mass is 9.78. The monoisotopic (exact) mass is 449 g/mol. The summed E-state index contributed by atoms with van der Waals surface area (Å²) in [6.07, 6.45) is 3.84. The first-order chi connectivity index (χ1) is 15.1. The molecule has 0 aromatic heterocycles. The van der Waals surface area contributed by atoms with Crippen molar-refractivity contribution in [3.63, 3.8) is 0 Å². The number of amides is 1. The Bertz CT molecular complexity index is 1110. The van der Waals surface area contributed by atoms with Crippen LogP contribution in [0, 0.1) is 25.2 Å².